The van der Waals surface area contributed by atoms with Crippen molar-refractivity contribution >= 4 is 0 Å². The summed E-state index contributed by atoms with van der Waals surface area (Å²) in [6.45, 7) is 2.46. The van der Waals surface area contributed by atoms with E-state index in [1.54, 1.807) is 7.11 Å². The van der Waals surface area contributed by atoms with Crippen LogP contribution in [0.5, 0.6) is 11.6 Å². The first-order valence-corrected chi connectivity index (χ1v) is 6.78. The van der Waals surface area contributed by atoms with Crippen molar-refractivity contribution in [2.45, 2.75) is 12.5 Å². The van der Waals surface area contributed by atoms with E-state index in [0.29, 0.717) is 11.8 Å². The summed E-state index contributed by atoms with van der Waals surface area (Å²) in [7, 11) is 1.62. The number of methoxy groups -OCH3 is 1. The van der Waals surface area contributed by atoms with Gasteiger partial charge in [-0.2, -0.15) is 0 Å². The van der Waals surface area contributed by atoms with Gasteiger partial charge < -0.3 is 14.8 Å². The maximum atomic E-state index is 5.68. The molecule has 0 spiro atoms. The Labute approximate surface area is 118 Å². The number of nitrogens with zero attached hydrogens (tertiary/aromatic N) is 1. The van der Waals surface area contributed by atoms with E-state index < -0.39 is 0 Å². The van der Waals surface area contributed by atoms with Gasteiger partial charge in [0, 0.05) is 36.8 Å². The van der Waals surface area contributed by atoms with Gasteiger partial charge in [-0.1, -0.05) is 24.3 Å². The van der Waals surface area contributed by atoms with Crippen LogP contribution in [0.15, 0.2) is 42.6 Å². The molecule has 0 radical (unpaired) electrons. The molecule has 0 bridgehead atoms. The van der Waals surface area contributed by atoms with E-state index in [9.17, 15) is 0 Å². The maximum absolute atomic E-state index is 5.68. The molecule has 1 N–H and O–H groups in total. The molecule has 3 rings (SSSR count). The minimum Gasteiger partial charge on any atom is -0.493 e. The summed E-state index contributed by atoms with van der Waals surface area (Å²) >= 11 is 0. The van der Waals surface area contributed by atoms with Gasteiger partial charge in [0.05, 0.1) is 13.7 Å². The molecule has 2 heterocycles. The number of pyridine rings is 1. The summed E-state index contributed by atoms with van der Waals surface area (Å²) in [5.74, 6) is 2.09. The Morgan fingerprint density at radius 1 is 1.30 bits per heavy atom. The zero-order valence-electron chi connectivity index (χ0n) is 11.5. The highest BCUT2D eigenvalue weighted by Crippen LogP contribution is 2.32. The van der Waals surface area contributed by atoms with E-state index in [1.807, 2.05) is 30.5 Å². The van der Waals surface area contributed by atoms with E-state index in [0.717, 1.165) is 31.0 Å². The van der Waals surface area contributed by atoms with Crippen molar-refractivity contribution in [2.24, 2.45) is 0 Å². The quantitative estimate of drug-likeness (QED) is 0.905. The monoisotopic (exact) mass is 270 g/mol. The van der Waals surface area contributed by atoms with Crippen LogP contribution >= 0.6 is 0 Å². The molecule has 0 fully saturated rings. The second-order valence-electron chi connectivity index (χ2n) is 4.89. The fraction of sp³-hybridized carbons (Fsp3) is 0.312. The summed E-state index contributed by atoms with van der Waals surface area (Å²) in [5.41, 5.74) is 2.45. The van der Waals surface area contributed by atoms with Gasteiger partial charge in [0.2, 0.25) is 5.88 Å². The predicted molar refractivity (Wildman–Crippen MR) is 77.2 cm³/mol. The summed E-state index contributed by atoms with van der Waals surface area (Å²) < 4.78 is 10.7. The van der Waals surface area contributed by atoms with Crippen molar-refractivity contribution in [3.63, 3.8) is 0 Å². The number of hydrogen-bond acceptors (Lipinski definition) is 4. The smallest absolute Gasteiger partial charge is 0.212 e. The lowest BCUT2D eigenvalue weighted by Gasteiger charge is -2.10. The standard InChI is InChI=1S/C16H18N2O2/c1-19-16-7-6-12(9-18-16)8-17-10-13-11-20-15-5-3-2-4-14(13)15/h2-7,9,13,17H,8,10-11H2,1H3. The topological polar surface area (TPSA) is 43.4 Å². The average Bonchev–Trinajstić information content (AvgIpc) is 2.92. The largest absolute Gasteiger partial charge is 0.493 e. The summed E-state index contributed by atoms with van der Waals surface area (Å²) in [6, 6.07) is 12.2. The highest BCUT2D eigenvalue weighted by molar-refractivity contribution is 5.39. The number of ether oxygens (including phenoxy) is 2. The molecule has 1 aliphatic rings. The van der Waals surface area contributed by atoms with Crippen LogP contribution in [-0.2, 0) is 6.54 Å². The van der Waals surface area contributed by atoms with E-state index in [-0.39, 0.29) is 0 Å². The lowest BCUT2D eigenvalue weighted by atomic mass is 10.0. The molecule has 1 aromatic carbocycles. The molecular formula is C16H18N2O2. The number of para-hydroxylation sites is 1. The van der Waals surface area contributed by atoms with Gasteiger partial charge in [0.1, 0.15) is 5.75 Å². The zero-order valence-corrected chi connectivity index (χ0v) is 11.5. The SMILES string of the molecule is COc1ccc(CNCC2COc3ccccc32)cn1. The first-order valence-electron chi connectivity index (χ1n) is 6.78. The Bertz CT molecular complexity index is 569. The number of benzene rings is 1. The Morgan fingerprint density at radius 2 is 2.20 bits per heavy atom. The van der Waals surface area contributed by atoms with Crippen LogP contribution in [0.1, 0.15) is 17.0 Å². The van der Waals surface area contributed by atoms with Crippen LogP contribution in [0.2, 0.25) is 0 Å². The highest BCUT2D eigenvalue weighted by Gasteiger charge is 2.22. The van der Waals surface area contributed by atoms with Gasteiger partial charge >= 0.3 is 0 Å². The second-order valence-corrected chi connectivity index (χ2v) is 4.89. The first kappa shape index (κ1) is 12.9. The highest BCUT2D eigenvalue weighted by atomic mass is 16.5. The molecule has 1 aliphatic heterocycles. The van der Waals surface area contributed by atoms with E-state index in [1.165, 1.54) is 5.56 Å². The third kappa shape index (κ3) is 2.75. The first-order chi connectivity index (χ1) is 9.86. The van der Waals surface area contributed by atoms with Gasteiger partial charge in [0.15, 0.2) is 0 Å². The molecule has 4 nitrogen and oxygen atoms in total. The number of rotatable bonds is 5. The number of fused-ring (bicyclic) bond motifs is 1. The van der Waals surface area contributed by atoms with Gasteiger partial charge in [0.25, 0.3) is 0 Å². The molecule has 1 atom stereocenters. The van der Waals surface area contributed by atoms with Gasteiger partial charge in [-0.3, -0.25) is 0 Å². The molecule has 2 aromatic rings. The third-order valence-electron chi connectivity index (χ3n) is 3.53. The molecule has 0 aliphatic carbocycles. The fourth-order valence-electron chi connectivity index (χ4n) is 2.43. The molecule has 1 aromatic heterocycles. The van der Waals surface area contributed by atoms with Gasteiger partial charge in [-0.15, -0.1) is 0 Å². The second kappa shape index (κ2) is 5.92. The lowest BCUT2D eigenvalue weighted by Crippen LogP contribution is -2.22. The molecule has 104 valence electrons. The molecule has 4 heteroatoms. The Hall–Kier alpha value is -2.07. The van der Waals surface area contributed by atoms with Gasteiger partial charge in [-0.25, -0.2) is 4.98 Å². The van der Waals surface area contributed by atoms with Crippen molar-refractivity contribution in [1.29, 1.82) is 0 Å². The number of nitrogens with one attached hydrogen (secondary N) is 1. The Kier molecular flexibility index (Phi) is 3.83. The van der Waals surface area contributed by atoms with Crippen molar-refractivity contribution in [3.05, 3.63) is 53.7 Å². The van der Waals surface area contributed by atoms with Crippen LogP contribution in [0, 0.1) is 0 Å². The normalized spacial score (nSPS) is 16.6. The van der Waals surface area contributed by atoms with Crippen molar-refractivity contribution in [3.8, 4) is 11.6 Å². The van der Waals surface area contributed by atoms with Crippen LogP contribution in [0.25, 0.3) is 0 Å². The maximum Gasteiger partial charge on any atom is 0.212 e. The Balaban J connectivity index is 1.53. The molecule has 0 amide bonds. The van der Waals surface area contributed by atoms with Crippen molar-refractivity contribution < 1.29 is 9.47 Å². The van der Waals surface area contributed by atoms with E-state index >= 15 is 0 Å². The van der Waals surface area contributed by atoms with Crippen LogP contribution in [-0.4, -0.2) is 25.2 Å². The fourth-order valence-corrected chi connectivity index (χ4v) is 2.43. The third-order valence-corrected chi connectivity index (χ3v) is 3.53. The van der Waals surface area contributed by atoms with Gasteiger partial charge in [-0.05, 0) is 11.6 Å². The van der Waals surface area contributed by atoms with E-state index in [2.05, 4.69) is 22.4 Å². The Morgan fingerprint density at radius 3 is 3.00 bits per heavy atom. The lowest BCUT2D eigenvalue weighted by molar-refractivity contribution is 0.326. The zero-order chi connectivity index (χ0) is 13.8. The average molecular weight is 270 g/mol. The molecular weight excluding hydrogens is 252 g/mol. The minimum atomic E-state index is 0.428. The minimum absolute atomic E-state index is 0.428. The molecule has 0 saturated carbocycles. The molecule has 0 saturated heterocycles. The van der Waals surface area contributed by atoms with Crippen molar-refractivity contribution in [2.75, 3.05) is 20.3 Å². The molecule has 20 heavy (non-hydrogen) atoms. The number of hydrogen-bond donors (Lipinski definition) is 1. The van der Waals surface area contributed by atoms with Crippen molar-refractivity contribution in [1.82, 2.24) is 10.3 Å². The van der Waals surface area contributed by atoms with E-state index in [4.69, 9.17) is 9.47 Å². The summed E-state index contributed by atoms with van der Waals surface area (Å²) in [4.78, 5) is 4.20. The van der Waals surface area contributed by atoms with Crippen LogP contribution < -0.4 is 14.8 Å². The molecule has 1 unspecified atom stereocenters. The number of aromatic nitrogens is 1. The van der Waals surface area contributed by atoms with Crippen LogP contribution in [0.3, 0.4) is 0 Å². The summed E-state index contributed by atoms with van der Waals surface area (Å²) in [6.07, 6.45) is 1.84. The summed E-state index contributed by atoms with van der Waals surface area (Å²) in [5, 5.41) is 3.46. The van der Waals surface area contributed by atoms with Crippen LogP contribution in [0.4, 0.5) is 0 Å². The predicted octanol–water partition coefficient (Wildman–Crippen LogP) is 2.36.